The molecule has 3 heteroatoms. The second kappa shape index (κ2) is 10.1. The molecule has 6 rings (SSSR count). The fraction of sp³-hybridized carbons (Fsp3) is 0.125. The standard InChI is InChI=1S/2C16H13.2ClH.Hf/c2*1-12-15-10-6-5-9-14(15)11-16(12)13-7-3-2-4-8-13;;;/h2*2-11H,1H3;2*1H;. The minimum Gasteiger partial charge on any atom is -0.147 e. The molecule has 2 aliphatic rings. The fourth-order valence-corrected chi connectivity index (χ4v) is 14.5. The fourth-order valence-electron chi connectivity index (χ4n) is 5.80. The van der Waals surface area contributed by atoms with Crippen molar-refractivity contribution in [3.8, 4) is 0 Å². The predicted octanol–water partition coefficient (Wildman–Crippen LogP) is 8.85. The van der Waals surface area contributed by atoms with E-state index in [1.54, 1.807) is 0 Å². The second-order valence-corrected chi connectivity index (χ2v) is 17.5. The van der Waals surface area contributed by atoms with E-state index in [9.17, 15) is 0 Å². The van der Waals surface area contributed by atoms with Crippen LogP contribution >= 0.6 is 24.8 Å². The van der Waals surface area contributed by atoms with Gasteiger partial charge >= 0.3 is 209 Å². The number of fused-ring (bicyclic) bond motifs is 2. The third-order valence-electron chi connectivity index (χ3n) is 7.35. The van der Waals surface area contributed by atoms with Crippen LogP contribution in [0.4, 0.5) is 0 Å². The summed E-state index contributed by atoms with van der Waals surface area (Å²) in [6.45, 7) is 5.07. The zero-order valence-electron chi connectivity index (χ0n) is 19.9. The topological polar surface area (TPSA) is 0 Å². The molecule has 4 aromatic carbocycles. The van der Waals surface area contributed by atoms with E-state index in [1.807, 2.05) is 0 Å². The molecule has 0 heterocycles. The smallest absolute Gasteiger partial charge is 0.147 e. The molecule has 0 radical (unpaired) electrons. The van der Waals surface area contributed by atoms with E-state index in [2.05, 4.69) is 135 Å². The number of allylic oxidation sites excluding steroid dienone is 2. The maximum atomic E-state index is 2.54. The molecular weight excluding hydrogens is 634 g/mol. The van der Waals surface area contributed by atoms with Gasteiger partial charge in [0.2, 0.25) is 0 Å². The van der Waals surface area contributed by atoms with Crippen molar-refractivity contribution in [2.45, 2.75) is 20.2 Å². The summed E-state index contributed by atoms with van der Waals surface area (Å²) in [5.74, 6) is 0. The van der Waals surface area contributed by atoms with Crippen molar-refractivity contribution in [1.29, 1.82) is 0 Å². The Bertz CT molecular complexity index is 1300. The molecule has 35 heavy (non-hydrogen) atoms. The van der Waals surface area contributed by atoms with Gasteiger partial charge in [-0.3, -0.25) is 0 Å². The molecule has 0 fully saturated rings. The van der Waals surface area contributed by atoms with Crippen molar-refractivity contribution in [3.63, 3.8) is 0 Å². The van der Waals surface area contributed by atoms with Crippen LogP contribution in [0.3, 0.4) is 0 Å². The third kappa shape index (κ3) is 4.22. The Morgan fingerprint density at radius 3 is 1.20 bits per heavy atom. The molecule has 0 saturated heterocycles. The van der Waals surface area contributed by atoms with Gasteiger partial charge in [0.05, 0.1) is 0 Å². The zero-order valence-corrected chi connectivity index (χ0v) is 25.1. The zero-order chi connectivity index (χ0) is 22.5. The largest absolute Gasteiger partial charge is 0.147 e. The first kappa shape index (κ1) is 25.9. The monoisotopic (exact) mass is 662 g/mol. The molecule has 0 aromatic heterocycles. The van der Waals surface area contributed by atoms with Gasteiger partial charge in [-0.15, -0.1) is 24.8 Å². The van der Waals surface area contributed by atoms with E-state index in [1.165, 1.54) is 44.5 Å². The van der Waals surface area contributed by atoms with Crippen LogP contribution in [0.2, 0.25) is 0 Å². The molecule has 0 bridgehead atoms. The van der Waals surface area contributed by atoms with Crippen molar-refractivity contribution < 1.29 is 22.9 Å². The summed E-state index contributed by atoms with van der Waals surface area (Å²) in [6.07, 6.45) is 4.93. The molecule has 2 unspecified atom stereocenters. The van der Waals surface area contributed by atoms with Gasteiger partial charge in [-0.2, -0.15) is 0 Å². The number of halogens is 2. The Morgan fingerprint density at radius 1 is 0.457 bits per heavy atom. The van der Waals surface area contributed by atoms with E-state index in [0.29, 0.717) is 0 Å². The van der Waals surface area contributed by atoms with Crippen LogP contribution in [0.15, 0.2) is 109 Å². The van der Waals surface area contributed by atoms with Gasteiger partial charge < -0.3 is 0 Å². The molecule has 0 saturated carbocycles. The summed E-state index contributed by atoms with van der Waals surface area (Å²) in [5, 5.41) is 0. The summed E-state index contributed by atoms with van der Waals surface area (Å²) in [7, 11) is 0. The number of rotatable bonds is 4. The first-order chi connectivity index (χ1) is 16.1. The number of hydrogen-bond donors (Lipinski definition) is 0. The molecule has 0 aliphatic heterocycles. The van der Waals surface area contributed by atoms with Crippen LogP contribution in [0, 0.1) is 0 Å². The predicted molar refractivity (Wildman–Crippen MR) is 151 cm³/mol. The molecule has 0 spiro atoms. The second-order valence-electron chi connectivity index (χ2n) is 9.40. The van der Waals surface area contributed by atoms with Crippen LogP contribution in [0.25, 0.3) is 23.3 Å². The Labute approximate surface area is 232 Å². The van der Waals surface area contributed by atoms with Crippen molar-refractivity contribution in [1.82, 2.24) is 0 Å². The van der Waals surface area contributed by atoms with Crippen LogP contribution in [-0.2, 0) is 29.2 Å². The minimum atomic E-state index is -1.47. The first-order valence-corrected chi connectivity index (χ1v) is 15.2. The van der Waals surface area contributed by atoms with Crippen LogP contribution < -0.4 is 0 Å². The van der Waals surface area contributed by atoms with Crippen molar-refractivity contribution >= 4 is 48.1 Å². The Balaban J connectivity index is 0.00000144. The SMILES string of the molecule is C[C]1([Hf][C]2(C)C(c3ccccc3)=Cc3ccccc32)C(c2ccccc2)=Cc2ccccc21.Cl.Cl. The van der Waals surface area contributed by atoms with E-state index in [4.69, 9.17) is 0 Å². The van der Waals surface area contributed by atoms with Crippen molar-refractivity contribution in [2.75, 3.05) is 0 Å². The molecule has 0 amide bonds. The van der Waals surface area contributed by atoms with Gasteiger partial charge in [0.1, 0.15) is 0 Å². The quantitative estimate of drug-likeness (QED) is 0.192. The van der Waals surface area contributed by atoms with Gasteiger partial charge in [-0.1, -0.05) is 0 Å². The number of benzene rings is 4. The van der Waals surface area contributed by atoms with Crippen LogP contribution in [0.1, 0.15) is 47.2 Å². The van der Waals surface area contributed by atoms with E-state index >= 15 is 0 Å². The molecule has 4 aromatic rings. The maximum absolute atomic E-state index is 2.54. The molecule has 174 valence electrons. The molecule has 0 nitrogen and oxygen atoms in total. The molecular formula is C32H28Cl2Hf. The molecule has 2 aliphatic carbocycles. The van der Waals surface area contributed by atoms with Crippen LogP contribution in [-0.4, -0.2) is 0 Å². The number of hydrogen-bond acceptors (Lipinski definition) is 0. The molecule has 2 atom stereocenters. The Morgan fingerprint density at radius 2 is 0.800 bits per heavy atom. The average molecular weight is 662 g/mol. The summed E-state index contributed by atoms with van der Waals surface area (Å²) in [5.41, 5.74) is 11.6. The van der Waals surface area contributed by atoms with Crippen molar-refractivity contribution in [3.05, 3.63) is 143 Å². The van der Waals surface area contributed by atoms with Crippen LogP contribution in [0.5, 0.6) is 0 Å². The normalized spacial score (nSPS) is 21.5. The summed E-state index contributed by atoms with van der Waals surface area (Å²) in [4.78, 5) is 0. The summed E-state index contributed by atoms with van der Waals surface area (Å²) < 4.78 is 0.191. The summed E-state index contributed by atoms with van der Waals surface area (Å²) >= 11 is -1.47. The maximum Gasteiger partial charge on any atom is -0.147 e. The van der Waals surface area contributed by atoms with E-state index < -0.39 is 22.9 Å². The average Bonchev–Trinajstić information content (AvgIpc) is 3.32. The molecule has 0 N–H and O–H groups in total. The summed E-state index contributed by atoms with van der Waals surface area (Å²) in [6, 6.07) is 40.3. The van der Waals surface area contributed by atoms with Gasteiger partial charge in [-0.25, -0.2) is 0 Å². The van der Waals surface area contributed by atoms with Gasteiger partial charge in [-0.05, 0) is 0 Å². The Hall–Kier alpha value is -2.19. The van der Waals surface area contributed by atoms with Gasteiger partial charge in [0.25, 0.3) is 0 Å². The van der Waals surface area contributed by atoms with Crippen molar-refractivity contribution in [2.24, 2.45) is 0 Å². The third-order valence-corrected chi connectivity index (χ3v) is 14.8. The Kier molecular flexibility index (Phi) is 7.44. The minimum absolute atomic E-state index is 0. The first-order valence-electron chi connectivity index (χ1n) is 11.6. The van der Waals surface area contributed by atoms with E-state index in [-0.39, 0.29) is 31.2 Å². The van der Waals surface area contributed by atoms with Gasteiger partial charge in [0.15, 0.2) is 0 Å². The van der Waals surface area contributed by atoms with Gasteiger partial charge in [0, 0.05) is 0 Å². The van der Waals surface area contributed by atoms with E-state index in [0.717, 1.165) is 0 Å².